The molecule has 0 spiro atoms. The number of hydrogen-bond donors (Lipinski definition) is 2. The first-order valence-corrected chi connectivity index (χ1v) is 13.5. The van der Waals surface area contributed by atoms with Gasteiger partial charge in [-0.05, 0) is 73.6 Å². The molecule has 2 aromatic heterocycles. The number of sulfonamides is 1. The van der Waals surface area contributed by atoms with Crippen molar-refractivity contribution in [3.8, 4) is 0 Å². The minimum Gasteiger partial charge on any atom is -0.376 e. The standard InChI is InChI=1S/C24H27N5O3S2/c1-34(30,31)27-17-9-11-18(12-10-17)29-23(22(26-24(29)33)20-7-2-3-13-25-20)21-8-4-14-28(21)16-19-6-5-15-32-19/h2-4,7-14,19,22-23,27H,5-6,15-16H2,1H3,(H,26,33)/t19-,22+,23+/m0/s1. The molecule has 0 unspecified atom stereocenters. The number of pyridine rings is 1. The van der Waals surface area contributed by atoms with Crippen molar-refractivity contribution in [1.82, 2.24) is 14.9 Å². The van der Waals surface area contributed by atoms with Gasteiger partial charge in [-0.2, -0.15) is 0 Å². The van der Waals surface area contributed by atoms with Gasteiger partial charge in [0.15, 0.2) is 5.11 Å². The predicted octanol–water partition coefficient (Wildman–Crippen LogP) is 3.61. The molecule has 0 aliphatic carbocycles. The van der Waals surface area contributed by atoms with E-state index in [9.17, 15) is 8.42 Å². The molecule has 2 saturated heterocycles. The molecule has 8 nitrogen and oxygen atoms in total. The first-order chi connectivity index (χ1) is 16.4. The van der Waals surface area contributed by atoms with Crippen molar-refractivity contribution in [2.75, 3.05) is 22.5 Å². The van der Waals surface area contributed by atoms with Gasteiger partial charge in [0.05, 0.1) is 24.1 Å². The summed E-state index contributed by atoms with van der Waals surface area (Å²) >= 11 is 5.80. The fourth-order valence-electron chi connectivity index (χ4n) is 4.71. The zero-order chi connectivity index (χ0) is 23.7. The Kier molecular flexibility index (Phi) is 6.28. The highest BCUT2D eigenvalue weighted by atomic mass is 32.2. The van der Waals surface area contributed by atoms with Gasteiger partial charge < -0.3 is 19.5 Å². The van der Waals surface area contributed by atoms with Crippen LogP contribution in [0.25, 0.3) is 0 Å². The third-order valence-electron chi connectivity index (χ3n) is 6.14. The number of benzene rings is 1. The van der Waals surface area contributed by atoms with E-state index >= 15 is 0 Å². The van der Waals surface area contributed by atoms with E-state index in [1.807, 2.05) is 30.3 Å². The topological polar surface area (TPSA) is 88.5 Å². The molecule has 5 rings (SSSR count). The van der Waals surface area contributed by atoms with Gasteiger partial charge in [0.1, 0.15) is 6.04 Å². The number of anilines is 2. The third-order valence-corrected chi connectivity index (χ3v) is 7.06. The maximum atomic E-state index is 11.6. The number of rotatable bonds is 7. The average Bonchev–Trinajstić information content (AvgIpc) is 3.55. The average molecular weight is 498 g/mol. The number of ether oxygens (including phenoxy) is 1. The van der Waals surface area contributed by atoms with E-state index < -0.39 is 10.0 Å². The van der Waals surface area contributed by atoms with E-state index in [0.717, 1.165) is 49.3 Å². The molecule has 1 aromatic carbocycles. The molecule has 3 aromatic rings. The summed E-state index contributed by atoms with van der Waals surface area (Å²) in [6, 6.07) is 17.0. The highest BCUT2D eigenvalue weighted by molar-refractivity contribution is 7.92. The van der Waals surface area contributed by atoms with E-state index in [-0.39, 0.29) is 18.2 Å². The number of thiocarbonyl (C=S) groups is 1. The second-order valence-electron chi connectivity index (χ2n) is 8.64. The van der Waals surface area contributed by atoms with Crippen LogP contribution in [0.3, 0.4) is 0 Å². The summed E-state index contributed by atoms with van der Waals surface area (Å²) in [6.07, 6.45) is 7.36. The van der Waals surface area contributed by atoms with E-state index in [1.54, 1.807) is 18.3 Å². The molecule has 0 radical (unpaired) electrons. The maximum Gasteiger partial charge on any atom is 0.229 e. The first kappa shape index (κ1) is 22.8. The van der Waals surface area contributed by atoms with E-state index in [1.165, 1.54) is 0 Å². The van der Waals surface area contributed by atoms with E-state index in [2.05, 4.69) is 42.8 Å². The summed E-state index contributed by atoms with van der Waals surface area (Å²) < 4.78 is 33.9. The highest BCUT2D eigenvalue weighted by Crippen LogP contribution is 2.42. The molecule has 3 atom stereocenters. The summed E-state index contributed by atoms with van der Waals surface area (Å²) in [5, 5.41) is 4.06. The van der Waals surface area contributed by atoms with Crippen molar-refractivity contribution in [3.63, 3.8) is 0 Å². The molecular weight excluding hydrogens is 470 g/mol. The smallest absolute Gasteiger partial charge is 0.229 e. The lowest BCUT2D eigenvalue weighted by Crippen LogP contribution is -2.31. The Morgan fingerprint density at radius 3 is 2.68 bits per heavy atom. The van der Waals surface area contributed by atoms with Gasteiger partial charge in [-0.3, -0.25) is 9.71 Å². The summed E-state index contributed by atoms with van der Waals surface area (Å²) in [5.41, 5.74) is 3.38. The Labute approximate surface area is 205 Å². The molecule has 2 aliphatic rings. The molecule has 2 N–H and O–H groups in total. The van der Waals surface area contributed by atoms with Gasteiger partial charge in [-0.1, -0.05) is 6.07 Å². The Balaban J connectivity index is 1.53. The van der Waals surface area contributed by atoms with E-state index in [0.29, 0.717) is 10.8 Å². The van der Waals surface area contributed by atoms with Crippen molar-refractivity contribution in [1.29, 1.82) is 0 Å². The molecule has 0 bridgehead atoms. The van der Waals surface area contributed by atoms with Crippen LogP contribution in [0.5, 0.6) is 0 Å². The zero-order valence-corrected chi connectivity index (χ0v) is 20.4. The van der Waals surface area contributed by atoms with Crippen molar-refractivity contribution in [2.45, 2.75) is 37.6 Å². The number of nitrogens with zero attached hydrogens (tertiary/aromatic N) is 3. The predicted molar refractivity (Wildman–Crippen MR) is 136 cm³/mol. The second-order valence-corrected chi connectivity index (χ2v) is 10.8. The van der Waals surface area contributed by atoms with Crippen LogP contribution in [-0.2, 0) is 21.3 Å². The molecular formula is C24H27N5O3S2. The van der Waals surface area contributed by atoms with Gasteiger partial charge in [-0.15, -0.1) is 0 Å². The van der Waals surface area contributed by atoms with Gasteiger partial charge in [0, 0.05) is 42.6 Å². The molecule has 4 heterocycles. The largest absolute Gasteiger partial charge is 0.376 e. The summed E-state index contributed by atoms with van der Waals surface area (Å²) in [7, 11) is -3.35. The summed E-state index contributed by atoms with van der Waals surface area (Å²) in [4.78, 5) is 6.69. The molecule has 0 saturated carbocycles. The van der Waals surface area contributed by atoms with Gasteiger partial charge in [0.25, 0.3) is 0 Å². The lowest BCUT2D eigenvalue weighted by molar-refractivity contribution is 0.0961. The zero-order valence-electron chi connectivity index (χ0n) is 18.8. The summed E-state index contributed by atoms with van der Waals surface area (Å²) in [6.45, 7) is 1.60. The Morgan fingerprint density at radius 1 is 1.18 bits per heavy atom. The normalized spacial score (nSPS) is 22.7. The van der Waals surface area contributed by atoms with Gasteiger partial charge >= 0.3 is 0 Å². The monoisotopic (exact) mass is 497 g/mol. The van der Waals surface area contributed by atoms with Crippen molar-refractivity contribution in [3.05, 3.63) is 78.4 Å². The minimum atomic E-state index is -3.35. The molecule has 34 heavy (non-hydrogen) atoms. The number of hydrogen-bond acceptors (Lipinski definition) is 5. The molecule has 10 heteroatoms. The van der Waals surface area contributed by atoms with Crippen LogP contribution in [-0.4, -0.2) is 42.0 Å². The van der Waals surface area contributed by atoms with Crippen LogP contribution in [0.4, 0.5) is 11.4 Å². The highest BCUT2D eigenvalue weighted by Gasteiger charge is 2.42. The fraction of sp³-hybridized carbons (Fsp3) is 0.333. The Hall–Kier alpha value is -2.95. The first-order valence-electron chi connectivity index (χ1n) is 11.2. The fourth-order valence-corrected chi connectivity index (χ4v) is 5.62. The van der Waals surface area contributed by atoms with Gasteiger partial charge in [-0.25, -0.2) is 8.42 Å². The van der Waals surface area contributed by atoms with Crippen molar-refractivity contribution in [2.24, 2.45) is 0 Å². The van der Waals surface area contributed by atoms with Crippen LogP contribution in [0.15, 0.2) is 67.0 Å². The minimum absolute atomic E-state index is 0.146. The van der Waals surface area contributed by atoms with Crippen LogP contribution in [0.1, 0.15) is 36.3 Å². The molecule has 2 aliphatic heterocycles. The van der Waals surface area contributed by atoms with Crippen LogP contribution >= 0.6 is 12.2 Å². The number of nitrogens with one attached hydrogen (secondary N) is 2. The molecule has 178 valence electrons. The number of aromatic nitrogens is 2. The van der Waals surface area contributed by atoms with Crippen LogP contribution in [0, 0.1) is 0 Å². The summed E-state index contributed by atoms with van der Waals surface area (Å²) in [5.74, 6) is 0. The van der Waals surface area contributed by atoms with Crippen LogP contribution in [0.2, 0.25) is 0 Å². The Bertz CT molecular complexity index is 1260. The second kappa shape index (κ2) is 9.36. The SMILES string of the molecule is CS(=O)(=O)Nc1ccc(N2C(=S)N[C@H](c3ccccn3)[C@H]2c2cccn2C[C@@H]2CCCO2)cc1. The van der Waals surface area contributed by atoms with Gasteiger partial charge in [0.2, 0.25) is 10.0 Å². The molecule has 2 fully saturated rings. The third kappa shape index (κ3) is 4.79. The van der Waals surface area contributed by atoms with Crippen molar-refractivity contribution < 1.29 is 13.2 Å². The maximum absolute atomic E-state index is 11.6. The molecule has 0 amide bonds. The van der Waals surface area contributed by atoms with E-state index in [4.69, 9.17) is 17.0 Å². The van der Waals surface area contributed by atoms with Crippen LogP contribution < -0.4 is 14.9 Å². The lowest BCUT2D eigenvalue weighted by Gasteiger charge is -2.29. The van der Waals surface area contributed by atoms with Crippen molar-refractivity contribution >= 4 is 38.7 Å². The lowest BCUT2D eigenvalue weighted by atomic mass is 10.0. The Morgan fingerprint density at radius 2 is 2.00 bits per heavy atom. The quantitative estimate of drug-likeness (QED) is 0.482.